The van der Waals surface area contributed by atoms with Crippen LogP contribution in [0.5, 0.6) is 0 Å². The highest BCUT2D eigenvalue weighted by molar-refractivity contribution is 6.27. The summed E-state index contributed by atoms with van der Waals surface area (Å²) in [6.07, 6.45) is 3.68. The van der Waals surface area contributed by atoms with Crippen LogP contribution in [0.15, 0.2) is 219 Å². The van der Waals surface area contributed by atoms with Crippen LogP contribution in [0.1, 0.15) is 22.3 Å². The average Bonchev–Trinajstić information content (AvgIpc) is 3.63. The summed E-state index contributed by atoms with van der Waals surface area (Å²) in [4.78, 5) is 20.1. The van der Waals surface area contributed by atoms with E-state index in [1.807, 2.05) is 48.8 Å². The maximum atomic E-state index is 5.37. The van der Waals surface area contributed by atoms with Crippen LogP contribution in [0.4, 0.5) is 0 Å². The number of hydrogen-bond donors (Lipinski definition) is 0. The molecule has 2 aliphatic carbocycles. The second-order valence-electron chi connectivity index (χ2n) is 17.3. The molecule has 0 fully saturated rings. The number of fused-ring (bicyclic) bond motifs is 13. The van der Waals surface area contributed by atoms with Gasteiger partial charge in [-0.2, -0.15) is 0 Å². The lowest BCUT2D eigenvalue weighted by Crippen LogP contribution is -2.29. The zero-order valence-electron chi connectivity index (χ0n) is 35.1. The van der Waals surface area contributed by atoms with Gasteiger partial charge in [0, 0.05) is 29.1 Å². The lowest BCUT2D eigenvalue weighted by atomic mass is 9.65. The molecular formula is C61H36N4. The molecule has 4 nitrogen and oxygen atoms in total. The van der Waals surface area contributed by atoms with E-state index in [4.69, 9.17) is 19.9 Å². The van der Waals surface area contributed by atoms with Crippen molar-refractivity contribution in [1.29, 1.82) is 0 Å². The van der Waals surface area contributed by atoms with Crippen molar-refractivity contribution in [2.24, 2.45) is 0 Å². The van der Waals surface area contributed by atoms with Crippen LogP contribution in [0.25, 0.3) is 111 Å². The maximum absolute atomic E-state index is 5.37. The van der Waals surface area contributed by atoms with Gasteiger partial charge in [-0.25, -0.2) is 19.9 Å². The topological polar surface area (TPSA) is 51.6 Å². The summed E-state index contributed by atoms with van der Waals surface area (Å²) in [6, 6.07) is 75.2. The molecule has 65 heavy (non-hydrogen) atoms. The molecule has 2 aromatic heterocycles. The normalized spacial score (nSPS) is 14.5. The standard InChI is InChI=1S/C61H36N4/c1-3-14-37(15-4-1)54-34-55(65-60(64-54)43-35-62-59(63-36-43)40-16-5-2-6-17-40)41-29-30-47-45-21-8-7-20-44(45)46-22-9-11-24-50(46)61(52(47)32-41)51-25-12-10-23-48(51)58-49-31-28-39-19-13-18-38-26-27-42(33-53(58)61)57(49)56(38)39/h1-36H. The number of nitrogens with zero attached hydrogens (tertiary/aromatic N) is 4. The van der Waals surface area contributed by atoms with Crippen molar-refractivity contribution < 1.29 is 0 Å². The Bertz CT molecular complexity index is 3860. The number of rotatable bonds is 4. The third kappa shape index (κ3) is 5.13. The molecule has 0 saturated heterocycles. The van der Waals surface area contributed by atoms with E-state index in [1.165, 1.54) is 88.0 Å². The molecule has 14 rings (SSSR count). The van der Waals surface area contributed by atoms with E-state index in [0.29, 0.717) is 11.6 Å². The fourth-order valence-electron chi connectivity index (χ4n) is 11.2. The largest absolute Gasteiger partial charge is 0.236 e. The van der Waals surface area contributed by atoms with Crippen LogP contribution >= 0.6 is 0 Å². The van der Waals surface area contributed by atoms with Crippen molar-refractivity contribution in [2.45, 2.75) is 5.41 Å². The Morgan fingerprint density at radius 1 is 0.308 bits per heavy atom. The molecule has 10 aromatic carbocycles. The lowest BCUT2D eigenvalue weighted by molar-refractivity contribution is 0.777. The minimum absolute atomic E-state index is 0.571. The third-order valence-corrected chi connectivity index (χ3v) is 13.9. The molecule has 0 N–H and O–H groups in total. The Balaban J connectivity index is 1.07. The fraction of sp³-hybridized carbons (Fsp3) is 0.0164. The monoisotopic (exact) mass is 824 g/mol. The van der Waals surface area contributed by atoms with E-state index in [9.17, 15) is 0 Å². The van der Waals surface area contributed by atoms with Gasteiger partial charge in [-0.3, -0.25) is 0 Å². The number of benzene rings is 10. The van der Waals surface area contributed by atoms with Crippen molar-refractivity contribution in [2.75, 3.05) is 0 Å². The van der Waals surface area contributed by atoms with Crippen LogP contribution in [0.2, 0.25) is 0 Å². The highest BCUT2D eigenvalue weighted by Gasteiger charge is 2.50. The molecule has 0 bridgehead atoms. The van der Waals surface area contributed by atoms with Crippen molar-refractivity contribution in [3.63, 3.8) is 0 Å². The Hall–Kier alpha value is -8.60. The van der Waals surface area contributed by atoms with E-state index in [-0.39, 0.29) is 0 Å². The predicted octanol–water partition coefficient (Wildman–Crippen LogP) is 14.8. The molecular weight excluding hydrogens is 789 g/mol. The minimum atomic E-state index is -0.684. The third-order valence-electron chi connectivity index (χ3n) is 13.9. The van der Waals surface area contributed by atoms with Crippen LogP contribution in [0.3, 0.4) is 0 Å². The highest BCUT2D eigenvalue weighted by Crippen LogP contribution is 2.63. The average molecular weight is 825 g/mol. The van der Waals surface area contributed by atoms with Crippen molar-refractivity contribution in [1.82, 2.24) is 19.9 Å². The predicted molar refractivity (Wildman–Crippen MR) is 265 cm³/mol. The van der Waals surface area contributed by atoms with Crippen molar-refractivity contribution in [3.05, 3.63) is 241 Å². The first-order chi connectivity index (χ1) is 32.2. The zero-order valence-corrected chi connectivity index (χ0v) is 35.1. The number of aromatic nitrogens is 4. The molecule has 4 heteroatoms. The summed E-state index contributed by atoms with van der Waals surface area (Å²) in [5, 5.41) is 7.73. The molecule has 1 spiro atoms. The Morgan fingerprint density at radius 3 is 1.60 bits per heavy atom. The van der Waals surface area contributed by atoms with E-state index < -0.39 is 5.41 Å². The molecule has 0 radical (unpaired) electrons. The van der Waals surface area contributed by atoms with Crippen LogP contribution < -0.4 is 0 Å². The van der Waals surface area contributed by atoms with Crippen LogP contribution in [-0.2, 0) is 5.41 Å². The molecule has 0 aliphatic heterocycles. The van der Waals surface area contributed by atoms with Crippen LogP contribution in [0, 0.1) is 0 Å². The van der Waals surface area contributed by atoms with Gasteiger partial charge in [-0.15, -0.1) is 0 Å². The summed E-state index contributed by atoms with van der Waals surface area (Å²) in [6.45, 7) is 0. The molecule has 1 unspecified atom stereocenters. The van der Waals surface area contributed by atoms with Gasteiger partial charge in [0.05, 0.1) is 22.4 Å². The summed E-state index contributed by atoms with van der Waals surface area (Å²) >= 11 is 0. The number of hydrogen-bond acceptors (Lipinski definition) is 4. The molecule has 2 heterocycles. The first-order valence-electron chi connectivity index (χ1n) is 22.2. The first-order valence-corrected chi connectivity index (χ1v) is 22.2. The van der Waals surface area contributed by atoms with Crippen LogP contribution in [-0.4, -0.2) is 19.9 Å². The van der Waals surface area contributed by atoms with E-state index in [1.54, 1.807) is 0 Å². The van der Waals surface area contributed by atoms with E-state index in [0.717, 1.165) is 33.6 Å². The molecule has 12 aromatic rings. The smallest absolute Gasteiger partial charge is 0.163 e. The first kappa shape index (κ1) is 35.9. The van der Waals surface area contributed by atoms with Gasteiger partial charge in [0.2, 0.25) is 0 Å². The van der Waals surface area contributed by atoms with E-state index in [2.05, 4.69) is 170 Å². The van der Waals surface area contributed by atoms with Gasteiger partial charge in [0.1, 0.15) is 0 Å². The second kappa shape index (κ2) is 13.7. The Labute approximate surface area is 375 Å². The summed E-state index contributed by atoms with van der Waals surface area (Å²) in [7, 11) is 0. The maximum Gasteiger partial charge on any atom is 0.163 e. The Kier molecular flexibility index (Phi) is 7.57. The quantitative estimate of drug-likeness (QED) is 0.166. The van der Waals surface area contributed by atoms with Crippen molar-refractivity contribution in [3.8, 4) is 78.7 Å². The molecule has 0 saturated carbocycles. The molecule has 300 valence electrons. The summed E-state index contributed by atoms with van der Waals surface area (Å²) in [5.74, 6) is 1.23. The summed E-state index contributed by atoms with van der Waals surface area (Å²) < 4.78 is 0. The van der Waals surface area contributed by atoms with Gasteiger partial charge in [0.15, 0.2) is 11.6 Å². The second-order valence-corrected chi connectivity index (χ2v) is 17.3. The van der Waals surface area contributed by atoms with Gasteiger partial charge < -0.3 is 0 Å². The molecule has 1 atom stereocenters. The zero-order chi connectivity index (χ0) is 42.6. The van der Waals surface area contributed by atoms with Crippen molar-refractivity contribution >= 4 is 32.3 Å². The molecule has 0 amide bonds. The highest BCUT2D eigenvalue weighted by atomic mass is 14.9. The van der Waals surface area contributed by atoms with Gasteiger partial charge in [-0.1, -0.05) is 188 Å². The SMILES string of the molecule is c1ccc(-c2cc(-c3ccc4c(c3)C3(c5ccccc5-c5ccccc5-4)c4ccccc4-c4c3cc3ccc5cccc6ccc4c3c56)nc(-c3cnc(-c4ccccc4)nc3)n2)cc1. The summed E-state index contributed by atoms with van der Waals surface area (Å²) in [5.41, 5.74) is 17.2. The molecule has 2 aliphatic rings. The fourth-order valence-corrected chi connectivity index (χ4v) is 11.2. The van der Waals surface area contributed by atoms with E-state index >= 15 is 0 Å². The lowest BCUT2D eigenvalue weighted by Gasteiger charge is -2.36. The minimum Gasteiger partial charge on any atom is -0.236 e. The van der Waals surface area contributed by atoms with Gasteiger partial charge >= 0.3 is 0 Å². The Morgan fingerprint density at radius 2 is 0.877 bits per heavy atom. The van der Waals surface area contributed by atoms with Gasteiger partial charge in [-0.05, 0) is 106 Å². The van der Waals surface area contributed by atoms with Gasteiger partial charge in [0.25, 0.3) is 0 Å².